The molecule has 0 N–H and O–H groups in total. The second-order valence-electron chi connectivity index (χ2n) is 3.78. The maximum Gasteiger partial charge on any atom is 0.255 e. The summed E-state index contributed by atoms with van der Waals surface area (Å²) in [7, 11) is 5.37. The molecule has 0 bridgehead atoms. The second kappa shape index (κ2) is 5.87. The van der Waals surface area contributed by atoms with Crippen LogP contribution in [0.3, 0.4) is 0 Å². The van der Waals surface area contributed by atoms with Gasteiger partial charge in [-0.05, 0) is 35.9 Å². The first-order chi connectivity index (χ1) is 8.70. The van der Waals surface area contributed by atoms with Gasteiger partial charge in [0.2, 0.25) is 0 Å². The molecule has 0 spiro atoms. The van der Waals surface area contributed by atoms with Crippen LogP contribution in [-0.2, 0) is 0 Å². The molecule has 2 nitrogen and oxygen atoms in total. The standard InChI is InChI=1S/C14H11BBrNO/c15-8-1-2-11-7-9-17(14(18)10-11)13-5-3-12(16)4-6-13/h1-7,9-10H,8H2. The molecule has 0 unspecified atom stereocenters. The van der Waals surface area contributed by atoms with Crippen molar-refractivity contribution < 1.29 is 0 Å². The number of hydrogen-bond donors (Lipinski definition) is 0. The monoisotopic (exact) mass is 299 g/mol. The minimum Gasteiger partial charge on any atom is -0.284 e. The van der Waals surface area contributed by atoms with Gasteiger partial charge in [-0.1, -0.05) is 34.4 Å². The van der Waals surface area contributed by atoms with E-state index < -0.39 is 0 Å². The first-order valence-corrected chi connectivity index (χ1v) is 6.35. The fourth-order valence-corrected chi connectivity index (χ4v) is 1.88. The quantitative estimate of drug-likeness (QED) is 0.798. The van der Waals surface area contributed by atoms with E-state index in [1.54, 1.807) is 16.8 Å². The number of nitrogens with zero attached hydrogens (tertiary/aromatic N) is 1. The Hall–Kier alpha value is -1.55. The Morgan fingerprint density at radius 2 is 1.94 bits per heavy atom. The normalized spacial score (nSPS) is 10.9. The van der Waals surface area contributed by atoms with Gasteiger partial charge in [-0.25, -0.2) is 0 Å². The van der Waals surface area contributed by atoms with Gasteiger partial charge in [0, 0.05) is 22.4 Å². The molecule has 1 aromatic heterocycles. The van der Waals surface area contributed by atoms with Crippen molar-refractivity contribution >= 4 is 29.9 Å². The highest BCUT2D eigenvalue weighted by Gasteiger charge is 1.99. The molecule has 2 rings (SSSR count). The van der Waals surface area contributed by atoms with Gasteiger partial charge in [0.15, 0.2) is 0 Å². The lowest BCUT2D eigenvalue weighted by Crippen LogP contribution is -2.16. The second-order valence-corrected chi connectivity index (χ2v) is 4.70. The fraction of sp³-hybridized carbons (Fsp3) is 0.0714. The van der Waals surface area contributed by atoms with E-state index in [1.807, 2.05) is 42.5 Å². The van der Waals surface area contributed by atoms with Crippen molar-refractivity contribution in [3.63, 3.8) is 0 Å². The van der Waals surface area contributed by atoms with E-state index in [0.29, 0.717) is 6.32 Å². The molecule has 0 aliphatic heterocycles. The predicted octanol–water partition coefficient (Wildman–Crippen LogP) is 3.20. The van der Waals surface area contributed by atoms with Crippen LogP contribution >= 0.6 is 15.9 Å². The van der Waals surface area contributed by atoms with Crippen LogP contribution in [0, 0.1) is 0 Å². The van der Waals surface area contributed by atoms with Crippen LogP contribution in [0.5, 0.6) is 0 Å². The Morgan fingerprint density at radius 3 is 2.56 bits per heavy atom. The molecule has 0 fully saturated rings. The lowest BCUT2D eigenvalue weighted by Gasteiger charge is -2.05. The third-order valence-electron chi connectivity index (χ3n) is 2.49. The number of pyridine rings is 1. The summed E-state index contributed by atoms with van der Waals surface area (Å²) in [5, 5.41) is 0. The van der Waals surface area contributed by atoms with Gasteiger partial charge in [0.05, 0.1) is 7.85 Å². The van der Waals surface area contributed by atoms with Crippen molar-refractivity contribution in [2.45, 2.75) is 6.32 Å². The molecule has 2 aromatic rings. The third-order valence-corrected chi connectivity index (χ3v) is 3.02. The fourth-order valence-electron chi connectivity index (χ4n) is 1.62. The number of aromatic nitrogens is 1. The van der Waals surface area contributed by atoms with Crippen LogP contribution in [0.1, 0.15) is 5.56 Å². The average molecular weight is 300 g/mol. The van der Waals surface area contributed by atoms with E-state index in [1.165, 1.54) is 0 Å². The van der Waals surface area contributed by atoms with E-state index in [4.69, 9.17) is 7.85 Å². The van der Waals surface area contributed by atoms with E-state index in [-0.39, 0.29) is 5.56 Å². The van der Waals surface area contributed by atoms with E-state index >= 15 is 0 Å². The van der Waals surface area contributed by atoms with Crippen molar-refractivity contribution in [1.82, 2.24) is 4.57 Å². The molecule has 4 heteroatoms. The molecule has 0 aliphatic carbocycles. The van der Waals surface area contributed by atoms with Gasteiger partial charge in [-0.2, -0.15) is 0 Å². The zero-order valence-electron chi connectivity index (χ0n) is 9.71. The van der Waals surface area contributed by atoms with Crippen LogP contribution in [0.4, 0.5) is 0 Å². The first kappa shape index (κ1) is 12.9. The number of benzene rings is 1. The Morgan fingerprint density at radius 1 is 1.22 bits per heavy atom. The van der Waals surface area contributed by atoms with Crippen LogP contribution in [0.25, 0.3) is 11.8 Å². The van der Waals surface area contributed by atoms with Crippen molar-refractivity contribution in [3.8, 4) is 5.69 Å². The Bertz CT molecular complexity index is 616. The number of rotatable bonds is 3. The SMILES string of the molecule is [B]CC=Cc1ccn(-c2ccc(Br)cc2)c(=O)c1. The highest BCUT2D eigenvalue weighted by molar-refractivity contribution is 9.10. The first-order valence-electron chi connectivity index (χ1n) is 5.56. The Labute approximate surface area is 116 Å². The number of allylic oxidation sites excluding steroid dienone is 1. The molecule has 0 saturated carbocycles. The molecule has 1 heterocycles. The summed E-state index contributed by atoms with van der Waals surface area (Å²) in [5.41, 5.74) is 1.65. The predicted molar refractivity (Wildman–Crippen MR) is 79.3 cm³/mol. The minimum absolute atomic E-state index is 0.0588. The highest BCUT2D eigenvalue weighted by Crippen LogP contribution is 2.13. The Balaban J connectivity index is 2.38. The lowest BCUT2D eigenvalue weighted by atomic mass is 10.0. The van der Waals surface area contributed by atoms with Gasteiger partial charge < -0.3 is 0 Å². The van der Waals surface area contributed by atoms with Crippen LogP contribution in [0.15, 0.2) is 57.9 Å². The maximum atomic E-state index is 12.0. The molecule has 0 amide bonds. The van der Waals surface area contributed by atoms with Crippen molar-refractivity contribution in [2.24, 2.45) is 0 Å². The van der Waals surface area contributed by atoms with Gasteiger partial charge in [-0.15, -0.1) is 0 Å². The highest BCUT2D eigenvalue weighted by atomic mass is 79.9. The van der Waals surface area contributed by atoms with Crippen LogP contribution < -0.4 is 5.56 Å². The summed E-state index contributed by atoms with van der Waals surface area (Å²) in [6, 6.07) is 11.1. The van der Waals surface area contributed by atoms with Crippen molar-refractivity contribution in [3.05, 3.63) is 69.1 Å². The molecule has 0 aliphatic rings. The van der Waals surface area contributed by atoms with Crippen molar-refractivity contribution in [2.75, 3.05) is 0 Å². The van der Waals surface area contributed by atoms with E-state index in [2.05, 4.69) is 15.9 Å². The summed E-state index contributed by atoms with van der Waals surface area (Å²) in [6.45, 7) is 0. The van der Waals surface area contributed by atoms with E-state index in [0.717, 1.165) is 15.7 Å². The third kappa shape index (κ3) is 3.02. The molecule has 0 saturated heterocycles. The summed E-state index contributed by atoms with van der Waals surface area (Å²) >= 11 is 3.37. The number of hydrogen-bond acceptors (Lipinski definition) is 1. The van der Waals surface area contributed by atoms with Crippen LogP contribution in [0.2, 0.25) is 6.32 Å². The molecule has 88 valence electrons. The average Bonchev–Trinajstić information content (AvgIpc) is 2.38. The molecular weight excluding hydrogens is 289 g/mol. The number of halogens is 1. The van der Waals surface area contributed by atoms with Crippen LogP contribution in [-0.4, -0.2) is 12.4 Å². The van der Waals surface area contributed by atoms with Gasteiger partial charge in [0.1, 0.15) is 0 Å². The summed E-state index contributed by atoms with van der Waals surface area (Å²) in [5.74, 6) is 0. The topological polar surface area (TPSA) is 22.0 Å². The van der Waals surface area contributed by atoms with E-state index in [9.17, 15) is 4.79 Å². The molecule has 2 radical (unpaired) electrons. The minimum atomic E-state index is -0.0588. The smallest absolute Gasteiger partial charge is 0.255 e. The molecular formula is C14H11BBrNO. The largest absolute Gasteiger partial charge is 0.284 e. The van der Waals surface area contributed by atoms with Gasteiger partial charge in [-0.3, -0.25) is 9.36 Å². The maximum absolute atomic E-state index is 12.0. The summed E-state index contributed by atoms with van der Waals surface area (Å²) in [4.78, 5) is 12.0. The summed E-state index contributed by atoms with van der Waals surface area (Å²) < 4.78 is 2.59. The zero-order valence-corrected chi connectivity index (χ0v) is 11.3. The molecule has 1 aromatic carbocycles. The molecule has 0 atom stereocenters. The summed E-state index contributed by atoms with van der Waals surface area (Å²) in [6.07, 6.45) is 5.89. The van der Waals surface area contributed by atoms with Gasteiger partial charge >= 0.3 is 0 Å². The zero-order chi connectivity index (χ0) is 13.0. The van der Waals surface area contributed by atoms with Crippen molar-refractivity contribution in [1.29, 1.82) is 0 Å². The molecule has 18 heavy (non-hydrogen) atoms. The Kier molecular flexibility index (Phi) is 4.21. The van der Waals surface area contributed by atoms with Gasteiger partial charge in [0.25, 0.3) is 5.56 Å². The lowest BCUT2D eigenvalue weighted by molar-refractivity contribution is 0.988.